The monoisotopic (exact) mass is 415 g/mol. The molecule has 2 aromatic carbocycles. The summed E-state index contributed by atoms with van der Waals surface area (Å²) in [6.07, 6.45) is -4.07. The molecule has 0 aromatic heterocycles. The van der Waals surface area contributed by atoms with Crippen LogP contribution in [0.25, 0.3) is 0 Å². The summed E-state index contributed by atoms with van der Waals surface area (Å²) in [4.78, 5) is -0.813. The molecule has 28 heavy (non-hydrogen) atoms. The van der Waals surface area contributed by atoms with Crippen LogP contribution in [0, 0.1) is 0 Å². The Morgan fingerprint density at radius 2 is 1.96 bits per heavy atom. The summed E-state index contributed by atoms with van der Waals surface area (Å²) in [6.45, 7) is 3.84. The maximum Gasteiger partial charge on any atom is 0.417 e. The first-order valence-electron chi connectivity index (χ1n) is 8.73. The molecule has 3 rings (SSSR count). The standard InChI is InChI=1S/C19H20F3NO4S/c1-3-26-16-9-13-8-12(2)27-17(13)10-14(16)11-23-28(24,25)18-7-5-4-6-15(18)19(20,21)22/h4-7,9-10,12,23H,3,8,11H2,1-2H3/t12-/m1/s1. The smallest absolute Gasteiger partial charge is 0.417 e. The largest absolute Gasteiger partial charge is 0.494 e. The van der Waals surface area contributed by atoms with Gasteiger partial charge in [-0.1, -0.05) is 12.1 Å². The predicted molar refractivity (Wildman–Crippen MR) is 96.9 cm³/mol. The Balaban J connectivity index is 1.89. The molecule has 1 atom stereocenters. The number of hydrogen-bond donors (Lipinski definition) is 1. The molecular formula is C19H20F3NO4S. The number of halogens is 3. The van der Waals surface area contributed by atoms with Crippen LogP contribution in [0.2, 0.25) is 0 Å². The number of benzene rings is 2. The lowest BCUT2D eigenvalue weighted by molar-refractivity contribution is -0.139. The fraction of sp³-hybridized carbons (Fsp3) is 0.368. The average molecular weight is 415 g/mol. The molecule has 0 amide bonds. The van der Waals surface area contributed by atoms with Crippen molar-refractivity contribution < 1.29 is 31.1 Å². The Bertz CT molecular complexity index is 974. The van der Waals surface area contributed by atoms with E-state index in [0.29, 0.717) is 30.1 Å². The second kappa shape index (κ2) is 7.63. The van der Waals surface area contributed by atoms with Crippen LogP contribution >= 0.6 is 0 Å². The third-order valence-corrected chi connectivity index (χ3v) is 5.77. The Kier molecular flexibility index (Phi) is 5.58. The number of fused-ring (bicyclic) bond motifs is 1. The third-order valence-electron chi connectivity index (χ3n) is 4.31. The zero-order valence-corrected chi connectivity index (χ0v) is 16.2. The average Bonchev–Trinajstić information content (AvgIpc) is 2.98. The zero-order valence-electron chi connectivity index (χ0n) is 15.3. The van der Waals surface area contributed by atoms with Crippen LogP contribution in [0.15, 0.2) is 41.3 Å². The molecule has 1 aliphatic heterocycles. The fourth-order valence-corrected chi connectivity index (χ4v) is 4.33. The van der Waals surface area contributed by atoms with Crippen molar-refractivity contribution in [2.45, 2.75) is 44.0 Å². The van der Waals surface area contributed by atoms with E-state index in [1.807, 2.05) is 6.92 Å². The highest BCUT2D eigenvalue weighted by Crippen LogP contribution is 2.36. The van der Waals surface area contributed by atoms with Crippen molar-refractivity contribution in [3.63, 3.8) is 0 Å². The molecule has 1 N–H and O–H groups in total. The van der Waals surface area contributed by atoms with Gasteiger partial charge in [-0.25, -0.2) is 13.1 Å². The van der Waals surface area contributed by atoms with Gasteiger partial charge in [0, 0.05) is 24.1 Å². The first-order chi connectivity index (χ1) is 13.1. The van der Waals surface area contributed by atoms with Gasteiger partial charge < -0.3 is 9.47 Å². The molecule has 152 valence electrons. The van der Waals surface area contributed by atoms with E-state index in [0.717, 1.165) is 23.8 Å². The van der Waals surface area contributed by atoms with Crippen LogP contribution in [0.3, 0.4) is 0 Å². The highest BCUT2D eigenvalue weighted by atomic mass is 32.2. The van der Waals surface area contributed by atoms with Crippen molar-refractivity contribution in [1.82, 2.24) is 4.72 Å². The van der Waals surface area contributed by atoms with Gasteiger partial charge in [-0.15, -0.1) is 0 Å². The van der Waals surface area contributed by atoms with E-state index in [2.05, 4.69) is 4.72 Å². The van der Waals surface area contributed by atoms with E-state index in [4.69, 9.17) is 9.47 Å². The van der Waals surface area contributed by atoms with Crippen molar-refractivity contribution in [2.24, 2.45) is 0 Å². The number of hydrogen-bond acceptors (Lipinski definition) is 4. The van der Waals surface area contributed by atoms with E-state index >= 15 is 0 Å². The van der Waals surface area contributed by atoms with E-state index in [-0.39, 0.29) is 12.6 Å². The molecule has 5 nitrogen and oxygen atoms in total. The lowest BCUT2D eigenvalue weighted by Crippen LogP contribution is -2.26. The SMILES string of the molecule is CCOc1cc2c(cc1CNS(=O)(=O)c1ccccc1C(F)(F)F)O[C@H](C)C2. The molecular weight excluding hydrogens is 395 g/mol. The van der Waals surface area contributed by atoms with E-state index in [9.17, 15) is 21.6 Å². The van der Waals surface area contributed by atoms with Crippen LogP contribution in [-0.2, 0) is 29.2 Å². The summed E-state index contributed by atoms with van der Waals surface area (Å²) in [6, 6.07) is 7.53. The van der Waals surface area contributed by atoms with Gasteiger partial charge in [0.2, 0.25) is 10.0 Å². The van der Waals surface area contributed by atoms with Gasteiger partial charge in [-0.05, 0) is 38.1 Å². The van der Waals surface area contributed by atoms with Gasteiger partial charge in [0.1, 0.15) is 17.6 Å². The molecule has 0 spiro atoms. The third kappa shape index (κ3) is 4.25. The quantitative estimate of drug-likeness (QED) is 0.777. The topological polar surface area (TPSA) is 64.6 Å². The van der Waals surface area contributed by atoms with Crippen molar-refractivity contribution >= 4 is 10.0 Å². The Hall–Kier alpha value is -2.26. The predicted octanol–water partition coefficient (Wildman–Crippen LogP) is 3.91. The summed E-state index contributed by atoms with van der Waals surface area (Å²) in [5.41, 5.74) is 0.228. The molecule has 0 bridgehead atoms. The van der Waals surface area contributed by atoms with E-state index < -0.39 is 26.7 Å². The number of alkyl halides is 3. The van der Waals surface area contributed by atoms with Crippen LogP contribution in [0.5, 0.6) is 11.5 Å². The molecule has 9 heteroatoms. The second-order valence-corrected chi connectivity index (χ2v) is 8.19. The molecule has 2 aromatic rings. The lowest BCUT2D eigenvalue weighted by Gasteiger charge is -2.16. The summed E-state index contributed by atoms with van der Waals surface area (Å²) in [5, 5.41) is 0. The van der Waals surface area contributed by atoms with Crippen LogP contribution in [0.4, 0.5) is 13.2 Å². The molecule has 0 fully saturated rings. The maximum absolute atomic E-state index is 13.2. The van der Waals surface area contributed by atoms with E-state index in [1.54, 1.807) is 19.1 Å². The van der Waals surface area contributed by atoms with Crippen molar-refractivity contribution in [3.05, 3.63) is 53.1 Å². The Labute approximate surface area is 161 Å². The zero-order chi connectivity index (χ0) is 20.5. The minimum Gasteiger partial charge on any atom is -0.494 e. The highest BCUT2D eigenvalue weighted by Gasteiger charge is 2.36. The normalized spacial score (nSPS) is 16.5. The van der Waals surface area contributed by atoms with Crippen LogP contribution < -0.4 is 14.2 Å². The van der Waals surface area contributed by atoms with Gasteiger partial charge >= 0.3 is 6.18 Å². The molecule has 0 unspecified atom stereocenters. The van der Waals surface area contributed by atoms with Crippen molar-refractivity contribution in [1.29, 1.82) is 0 Å². The molecule has 0 saturated carbocycles. The number of rotatable bonds is 6. The van der Waals surface area contributed by atoms with Gasteiger partial charge in [-0.3, -0.25) is 0 Å². The summed E-state index contributed by atoms with van der Waals surface area (Å²) >= 11 is 0. The summed E-state index contributed by atoms with van der Waals surface area (Å²) in [5.74, 6) is 1.10. The summed E-state index contributed by atoms with van der Waals surface area (Å²) in [7, 11) is -4.40. The number of ether oxygens (including phenoxy) is 2. The maximum atomic E-state index is 13.2. The van der Waals surface area contributed by atoms with Gasteiger partial charge in [0.05, 0.1) is 17.1 Å². The van der Waals surface area contributed by atoms with Crippen molar-refractivity contribution in [3.8, 4) is 11.5 Å². The van der Waals surface area contributed by atoms with Crippen LogP contribution in [-0.4, -0.2) is 21.1 Å². The number of nitrogens with one attached hydrogen (secondary N) is 1. The van der Waals surface area contributed by atoms with Gasteiger partial charge in [0.15, 0.2) is 0 Å². The molecule has 0 saturated heterocycles. The molecule has 0 aliphatic carbocycles. The minimum absolute atomic E-state index is 0.00455. The molecule has 0 radical (unpaired) electrons. The Morgan fingerprint density at radius 1 is 1.25 bits per heavy atom. The van der Waals surface area contributed by atoms with E-state index in [1.165, 1.54) is 6.07 Å². The molecule has 1 aliphatic rings. The summed E-state index contributed by atoms with van der Waals surface area (Å²) < 4.78 is 78.1. The van der Waals surface area contributed by atoms with Crippen molar-refractivity contribution in [2.75, 3.05) is 6.61 Å². The van der Waals surface area contributed by atoms with Gasteiger partial charge in [0.25, 0.3) is 0 Å². The first kappa shape index (κ1) is 20.5. The fourth-order valence-electron chi connectivity index (χ4n) is 3.10. The first-order valence-corrected chi connectivity index (χ1v) is 10.2. The van der Waals surface area contributed by atoms with Gasteiger partial charge in [-0.2, -0.15) is 13.2 Å². The highest BCUT2D eigenvalue weighted by molar-refractivity contribution is 7.89. The second-order valence-electron chi connectivity index (χ2n) is 6.45. The minimum atomic E-state index is -4.78. The lowest BCUT2D eigenvalue weighted by atomic mass is 10.1. The molecule has 1 heterocycles. The van der Waals surface area contributed by atoms with Crippen LogP contribution in [0.1, 0.15) is 30.5 Å². The Morgan fingerprint density at radius 3 is 2.64 bits per heavy atom. The number of sulfonamides is 1.